The van der Waals surface area contributed by atoms with Gasteiger partial charge in [0, 0.05) is 30.8 Å². The van der Waals surface area contributed by atoms with Crippen LogP contribution >= 0.6 is 0 Å². The van der Waals surface area contributed by atoms with E-state index in [9.17, 15) is 13.6 Å². The van der Waals surface area contributed by atoms with E-state index in [0.29, 0.717) is 19.0 Å². The van der Waals surface area contributed by atoms with E-state index in [1.165, 1.54) is 0 Å². The Hall–Kier alpha value is -1.49. The second-order valence-corrected chi connectivity index (χ2v) is 5.34. The van der Waals surface area contributed by atoms with Crippen molar-refractivity contribution in [3.05, 3.63) is 35.4 Å². The standard InChI is InChI=1S/C15H20F2N2O/c1-2-10-3-4-19(14(5-10)9-18)15(20)11-6-12(16)8-13(17)7-11/h6-8,10,14H,2-5,9,18H2,1H3. The highest BCUT2D eigenvalue weighted by atomic mass is 19.1. The minimum atomic E-state index is -0.735. The molecule has 2 unspecified atom stereocenters. The monoisotopic (exact) mass is 282 g/mol. The fourth-order valence-electron chi connectivity index (χ4n) is 2.84. The number of nitrogens with zero attached hydrogens (tertiary/aromatic N) is 1. The van der Waals surface area contributed by atoms with Crippen LogP contribution in [0.3, 0.4) is 0 Å². The maximum atomic E-state index is 13.2. The van der Waals surface area contributed by atoms with Crippen LogP contribution in [0.25, 0.3) is 0 Å². The molecule has 1 aliphatic heterocycles. The second-order valence-electron chi connectivity index (χ2n) is 5.34. The summed E-state index contributed by atoms with van der Waals surface area (Å²) in [4.78, 5) is 14.1. The predicted octanol–water partition coefficient (Wildman–Crippen LogP) is 2.55. The molecule has 0 aliphatic carbocycles. The van der Waals surface area contributed by atoms with E-state index in [2.05, 4.69) is 6.92 Å². The molecule has 0 saturated carbocycles. The molecule has 1 aliphatic rings. The number of amides is 1. The fraction of sp³-hybridized carbons (Fsp3) is 0.533. The summed E-state index contributed by atoms with van der Waals surface area (Å²) in [5, 5.41) is 0. The predicted molar refractivity (Wildman–Crippen MR) is 73.3 cm³/mol. The molecular weight excluding hydrogens is 262 g/mol. The van der Waals surface area contributed by atoms with Crippen molar-refractivity contribution in [3.63, 3.8) is 0 Å². The first-order valence-corrected chi connectivity index (χ1v) is 7.02. The van der Waals surface area contributed by atoms with Crippen molar-refractivity contribution in [1.82, 2.24) is 4.90 Å². The lowest BCUT2D eigenvalue weighted by Crippen LogP contribution is -2.49. The van der Waals surface area contributed by atoms with Crippen LogP contribution in [-0.4, -0.2) is 29.9 Å². The first-order chi connectivity index (χ1) is 9.55. The van der Waals surface area contributed by atoms with Gasteiger partial charge in [0.2, 0.25) is 0 Å². The number of benzene rings is 1. The number of hydrogen-bond acceptors (Lipinski definition) is 2. The molecule has 1 aromatic carbocycles. The first-order valence-electron chi connectivity index (χ1n) is 7.02. The Labute approximate surface area is 117 Å². The molecule has 2 N–H and O–H groups in total. The largest absolute Gasteiger partial charge is 0.334 e. The quantitative estimate of drug-likeness (QED) is 0.926. The van der Waals surface area contributed by atoms with Gasteiger partial charge in [0.25, 0.3) is 5.91 Å². The molecule has 2 atom stereocenters. The van der Waals surface area contributed by atoms with Crippen molar-refractivity contribution < 1.29 is 13.6 Å². The minimum Gasteiger partial charge on any atom is -0.334 e. The summed E-state index contributed by atoms with van der Waals surface area (Å²) in [6.45, 7) is 3.09. The number of nitrogens with two attached hydrogens (primary N) is 1. The summed E-state index contributed by atoms with van der Waals surface area (Å²) in [6, 6.07) is 2.86. The van der Waals surface area contributed by atoms with E-state index in [-0.39, 0.29) is 17.5 Å². The normalized spacial score (nSPS) is 22.9. The molecule has 1 fully saturated rings. The minimum absolute atomic E-state index is 0.0486. The summed E-state index contributed by atoms with van der Waals surface area (Å²) < 4.78 is 26.4. The third-order valence-corrected chi connectivity index (χ3v) is 4.04. The van der Waals surface area contributed by atoms with Gasteiger partial charge in [0.05, 0.1) is 0 Å². The van der Waals surface area contributed by atoms with E-state index >= 15 is 0 Å². The summed E-state index contributed by atoms with van der Waals surface area (Å²) in [5.41, 5.74) is 5.80. The van der Waals surface area contributed by atoms with Crippen LogP contribution in [0.5, 0.6) is 0 Å². The molecule has 0 bridgehead atoms. The van der Waals surface area contributed by atoms with Gasteiger partial charge in [0.15, 0.2) is 0 Å². The smallest absolute Gasteiger partial charge is 0.254 e. The zero-order valence-corrected chi connectivity index (χ0v) is 11.6. The van der Waals surface area contributed by atoms with E-state index < -0.39 is 11.6 Å². The molecular formula is C15H20F2N2O. The maximum Gasteiger partial charge on any atom is 0.254 e. The number of hydrogen-bond donors (Lipinski definition) is 1. The molecule has 1 aromatic rings. The summed E-state index contributed by atoms with van der Waals surface area (Å²) in [7, 11) is 0. The summed E-state index contributed by atoms with van der Waals surface area (Å²) in [6.07, 6.45) is 2.83. The Balaban J connectivity index is 2.19. The lowest BCUT2D eigenvalue weighted by molar-refractivity contribution is 0.0557. The lowest BCUT2D eigenvalue weighted by Gasteiger charge is -2.39. The molecule has 5 heteroatoms. The van der Waals surface area contributed by atoms with Gasteiger partial charge >= 0.3 is 0 Å². The van der Waals surface area contributed by atoms with E-state index in [1.807, 2.05) is 0 Å². The first kappa shape index (κ1) is 14.9. The topological polar surface area (TPSA) is 46.3 Å². The van der Waals surface area contributed by atoms with Gasteiger partial charge in [0.1, 0.15) is 11.6 Å². The van der Waals surface area contributed by atoms with Crippen molar-refractivity contribution in [1.29, 1.82) is 0 Å². The highest BCUT2D eigenvalue weighted by Crippen LogP contribution is 2.26. The van der Waals surface area contributed by atoms with Crippen LogP contribution < -0.4 is 5.73 Å². The van der Waals surface area contributed by atoms with Crippen LogP contribution in [0.15, 0.2) is 18.2 Å². The number of halogens is 2. The Kier molecular flexibility index (Phi) is 4.70. The molecule has 1 amide bonds. The fourth-order valence-corrected chi connectivity index (χ4v) is 2.84. The number of carbonyl (C=O) groups is 1. The highest BCUT2D eigenvalue weighted by Gasteiger charge is 2.30. The van der Waals surface area contributed by atoms with Gasteiger partial charge in [-0.15, -0.1) is 0 Å². The van der Waals surface area contributed by atoms with Crippen LogP contribution in [0.2, 0.25) is 0 Å². The lowest BCUT2D eigenvalue weighted by atomic mass is 9.88. The van der Waals surface area contributed by atoms with Crippen molar-refractivity contribution >= 4 is 5.91 Å². The number of piperidine rings is 1. The van der Waals surface area contributed by atoms with Crippen LogP contribution in [0.4, 0.5) is 8.78 Å². The van der Waals surface area contributed by atoms with Crippen molar-refractivity contribution in [2.45, 2.75) is 32.2 Å². The molecule has 1 saturated heterocycles. The zero-order valence-electron chi connectivity index (χ0n) is 11.6. The Morgan fingerprint density at radius 3 is 2.55 bits per heavy atom. The second kappa shape index (κ2) is 6.31. The average Bonchev–Trinajstić information content (AvgIpc) is 2.44. The van der Waals surface area contributed by atoms with Crippen LogP contribution in [0, 0.1) is 17.6 Å². The van der Waals surface area contributed by atoms with Gasteiger partial charge in [-0.2, -0.15) is 0 Å². The van der Waals surface area contributed by atoms with Gasteiger partial charge in [-0.1, -0.05) is 13.3 Å². The number of rotatable bonds is 3. The molecule has 20 heavy (non-hydrogen) atoms. The zero-order chi connectivity index (χ0) is 14.7. The van der Waals surface area contributed by atoms with Crippen LogP contribution in [0.1, 0.15) is 36.5 Å². The molecule has 0 spiro atoms. The highest BCUT2D eigenvalue weighted by molar-refractivity contribution is 5.94. The molecule has 110 valence electrons. The number of likely N-dealkylation sites (tertiary alicyclic amines) is 1. The van der Waals surface area contributed by atoms with Crippen molar-refractivity contribution in [2.24, 2.45) is 11.7 Å². The summed E-state index contributed by atoms with van der Waals surface area (Å²) >= 11 is 0. The molecule has 3 nitrogen and oxygen atoms in total. The molecule has 0 radical (unpaired) electrons. The third-order valence-electron chi connectivity index (χ3n) is 4.04. The Morgan fingerprint density at radius 2 is 2.00 bits per heavy atom. The van der Waals surface area contributed by atoms with Crippen molar-refractivity contribution in [3.8, 4) is 0 Å². The van der Waals surface area contributed by atoms with E-state index in [4.69, 9.17) is 5.73 Å². The van der Waals surface area contributed by atoms with Gasteiger partial charge in [-0.25, -0.2) is 8.78 Å². The van der Waals surface area contributed by atoms with Crippen LogP contribution in [-0.2, 0) is 0 Å². The molecule has 0 aromatic heterocycles. The van der Waals surface area contributed by atoms with Gasteiger partial charge < -0.3 is 10.6 Å². The Bertz CT molecular complexity index is 473. The van der Waals surface area contributed by atoms with Crippen molar-refractivity contribution in [2.75, 3.05) is 13.1 Å². The third kappa shape index (κ3) is 3.15. The van der Waals surface area contributed by atoms with E-state index in [0.717, 1.165) is 37.5 Å². The SMILES string of the molecule is CCC1CCN(C(=O)c2cc(F)cc(F)c2)C(CN)C1. The van der Waals surface area contributed by atoms with Gasteiger partial charge in [-0.05, 0) is 30.9 Å². The molecule has 2 rings (SSSR count). The number of carbonyl (C=O) groups excluding carboxylic acids is 1. The Morgan fingerprint density at radius 1 is 1.35 bits per heavy atom. The molecule has 1 heterocycles. The maximum absolute atomic E-state index is 13.2. The average molecular weight is 282 g/mol. The van der Waals surface area contributed by atoms with Gasteiger partial charge in [-0.3, -0.25) is 4.79 Å². The summed E-state index contributed by atoms with van der Waals surface area (Å²) in [5.74, 6) is -1.24. The van der Waals surface area contributed by atoms with E-state index in [1.54, 1.807) is 4.90 Å².